The van der Waals surface area contributed by atoms with Crippen molar-refractivity contribution >= 4 is 17.0 Å². The van der Waals surface area contributed by atoms with Crippen molar-refractivity contribution in [1.29, 1.82) is 0 Å². The predicted octanol–water partition coefficient (Wildman–Crippen LogP) is 3.40. The first-order chi connectivity index (χ1) is 10.8. The number of halogens is 3. The van der Waals surface area contributed by atoms with E-state index in [0.29, 0.717) is 19.2 Å². The molecule has 0 aliphatic heterocycles. The molecule has 0 bridgehead atoms. The van der Waals surface area contributed by atoms with E-state index in [2.05, 4.69) is 4.98 Å². The molecule has 0 fully saturated rings. The van der Waals surface area contributed by atoms with Gasteiger partial charge in [-0.15, -0.1) is 0 Å². The number of nitrogens with one attached hydrogen (secondary N) is 1. The second kappa shape index (κ2) is 6.47. The zero-order valence-electron chi connectivity index (χ0n) is 12.8. The van der Waals surface area contributed by atoms with Gasteiger partial charge in [0.15, 0.2) is 5.76 Å². The maximum absolute atomic E-state index is 13.0. The average molecular weight is 330 g/mol. The molecule has 126 valence electrons. The van der Waals surface area contributed by atoms with Crippen molar-refractivity contribution in [2.24, 2.45) is 0 Å². The number of hydrogen-bond donors (Lipinski definition) is 1. The quantitative estimate of drug-likeness (QED) is 0.914. The topological polar surface area (TPSA) is 66.3 Å². The second-order valence-electron chi connectivity index (χ2n) is 5.14. The summed E-state index contributed by atoms with van der Waals surface area (Å²) in [7, 11) is 0. The van der Waals surface area contributed by atoms with E-state index in [-0.39, 0.29) is 16.9 Å². The molecule has 0 aromatic carbocycles. The number of carbonyl (C=O) groups excluding carboxylic acids is 1. The van der Waals surface area contributed by atoms with Crippen molar-refractivity contribution in [3.8, 4) is 0 Å². The fraction of sp³-hybridized carbons (Fsp3) is 0.467. The molecule has 2 aromatic heterocycles. The Kier molecular flexibility index (Phi) is 4.82. The number of aromatic amines is 1. The Hall–Kier alpha value is -2.25. The lowest BCUT2D eigenvalue weighted by atomic mass is 10.1. The molecule has 8 heteroatoms. The van der Waals surface area contributed by atoms with Gasteiger partial charge in [-0.05, 0) is 19.4 Å². The first kappa shape index (κ1) is 17.1. The van der Waals surface area contributed by atoms with Crippen molar-refractivity contribution in [3.63, 3.8) is 0 Å². The summed E-state index contributed by atoms with van der Waals surface area (Å²) in [5, 5.41) is -0.327. The highest BCUT2D eigenvalue weighted by Crippen LogP contribution is 2.34. The number of nitrogens with zero attached hydrogens (tertiary/aromatic N) is 1. The third kappa shape index (κ3) is 3.57. The van der Waals surface area contributed by atoms with Crippen LogP contribution < -0.4 is 5.56 Å². The van der Waals surface area contributed by atoms with Crippen LogP contribution >= 0.6 is 0 Å². The molecular formula is C15H17F3N2O3. The maximum Gasteiger partial charge on any atom is 0.417 e. The van der Waals surface area contributed by atoms with Gasteiger partial charge in [0, 0.05) is 19.2 Å². The van der Waals surface area contributed by atoms with E-state index >= 15 is 0 Å². The average Bonchev–Trinajstić information content (AvgIpc) is 2.89. The Labute approximate surface area is 130 Å². The SMILES string of the molecule is CCCCN(CC)C(=O)c1cc2c(C(F)(F)F)cc(=O)[nH]c2o1. The van der Waals surface area contributed by atoms with E-state index in [0.717, 1.165) is 18.9 Å². The summed E-state index contributed by atoms with van der Waals surface area (Å²) in [4.78, 5) is 27.4. The number of carbonyl (C=O) groups is 1. The Morgan fingerprint density at radius 1 is 1.30 bits per heavy atom. The van der Waals surface area contributed by atoms with Crippen molar-refractivity contribution in [3.05, 3.63) is 33.8 Å². The summed E-state index contributed by atoms with van der Waals surface area (Å²) < 4.78 is 44.2. The zero-order valence-corrected chi connectivity index (χ0v) is 12.8. The summed E-state index contributed by atoms with van der Waals surface area (Å²) in [6, 6.07) is 1.49. The van der Waals surface area contributed by atoms with Crippen molar-refractivity contribution < 1.29 is 22.4 Å². The number of furan rings is 1. The number of rotatable bonds is 5. The van der Waals surface area contributed by atoms with Gasteiger partial charge in [0.05, 0.1) is 10.9 Å². The van der Waals surface area contributed by atoms with Crippen LogP contribution in [0.15, 0.2) is 21.3 Å². The third-order valence-electron chi connectivity index (χ3n) is 3.50. The van der Waals surface area contributed by atoms with Crippen LogP contribution in [0.5, 0.6) is 0 Å². The number of alkyl halides is 3. The van der Waals surface area contributed by atoms with Crippen molar-refractivity contribution in [1.82, 2.24) is 9.88 Å². The number of hydrogen-bond acceptors (Lipinski definition) is 3. The van der Waals surface area contributed by atoms with Crippen LogP contribution in [0.4, 0.5) is 13.2 Å². The largest absolute Gasteiger partial charge is 0.434 e. The van der Waals surface area contributed by atoms with E-state index in [1.807, 2.05) is 6.92 Å². The minimum atomic E-state index is -4.71. The Morgan fingerprint density at radius 3 is 2.57 bits per heavy atom. The summed E-state index contributed by atoms with van der Waals surface area (Å²) in [5.74, 6) is -0.712. The second-order valence-corrected chi connectivity index (χ2v) is 5.14. The number of fused-ring (bicyclic) bond motifs is 1. The molecule has 0 spiro atoms. The molecule has 5 nitrogen and oxygen atoms in total. The number of aromatic nitrogens is 1. The molecule has 2 heterocycles. The van der Waals surface area contributed by atoms with Crippen LogP contribution in [0.1, 0.15) is 42.8 Å². The van der Waals surface area contributed by atoms with E-state index < -0.39 is 23.2 Å². The molecule has 1 amide bonds. The smallest absolute Gasteiger partial charge is 0.417 e. The zero-order chi connectivity index (χ0) is 17.2. The normalized spacial score (nSPS) is 11.9. The number of pyridine rings is 1. The third-order valence-corrected chi connectivity index (χ3v) is 3.50. The molecule has 1 N–H and O–H groups in total. The lowest BCUT2D eigenvalue weighted by Gasteiger charge is -2.18. The molecule has 2 rings (SSSR count). The van der Waals surface area contributed by atoms with Gasteiger partial charge in [-0.2, -0.15) is 13.2 Å². The van der Waals surface area contributed by atoms with Gasteiger partial charge in [-0.1, -0.05) is 13.3 Å². The van der Waals surface area contributed by atoms with Gasteiger partial charge in [-0.25, -0.2) is 0 Å². The van der Waals surface area contributed by atoms with Crippen LogP contribution in [-0.4, -0.2) is 28.9 Å². The monoisotopic (exact) mass is 330 g/mol. The molecule has 0 radical (unpaired) electrons. The minimum absolute atomic E-state index is 0.217. The van der Waals surface area contributed by atoms with Crippen LogP contribution in [0.25, 0.3) is 11.1 Å². The fourth-order valence-corrected chi connectivity index (χ4v) is 2.29. The summed E-state index contributed by atoms with van der Waals surface area (Å²) >= 11 is 0. The van der Waals surface area contributed by atoms with Crippen LogP contribution in [-0.2, 0) is 6.18 Å². The van der Waals surface area contributed by atoms with Gasteiger partial charge in [0.1, 0.15) is 0 Å². The lowest BCUT2D eigenvalue weighted by molar-refractivity contribution is -0.136. The number of unbranched alkanes of at least 4 members (excludes halogenated alkanes) is 1. The standard InChI is InChI=1S/C15H17F3N2O3/c1-3-5-6-20(4-2)14(22)11-7-9-10(15(16,17)18)8-12(21)19-13(9)23-11/h7-8H,3-6H2,1-2H3,(H,19,21). The first-order valence-electron chi connectivity index (χ1n) is 7.31. The van der Waals surface area contributed by atoms with Gasteiger partial charge in [0.25, 0.3) is 11.5 Å². The van der Waals surface area contributed by atoms with Gasteiger partial charge < -0.3 is 9.32 Å². The van der Waals surface area contributed by atoms with Crippen molar-refractivity contribution in [2.75, 3.05) is 13.1 Å². The molecule has 0 atom stereocenters. The highest BCUT2D eigenvalue weighted by Gasteiger charge is 2.35. The highest BCUT2D eigenvalue weighted by atomic mass is 19.4. The van der Waals surface area contributed by atoms with Crippen molar-refractivity contribution in [2.45, 2.75) is 32.9 Å². The molecule has 0 aliphatic carbocycles. The highest BCUT2D eigenvalue weighted by molar-refractivity contribution is 5.96. The first-order valence-corrected chi connectivity index (χ1v) is 7.31. The molecular weight excluding hydrogens is 313 g/mol. The van der Waals surface area contributed by atoms with E-state index in [9.17, 15) is 22.8 Å². The van der Waals surface area contributed by atoms with Gasteiger partial charge in [-0.3, -0.25) is 14.6 Å². The minimum Gasteiger partial charge on any atom is -0.434 e. The van der Waals surface area contributed by atoms with Crippen LogP contribution in [0.2, 0.25) is 0 Å². The summed E-state index contributed by atoms with van der Waals surface area (Å²) in [6.45, 7) is 4.66. The lowest BCUT2D eigenvalue weighted by Crippen LogP contribution is -2.31. The summed E-state index contributed by atoms with van der Waals surface area (Å²) in [5.41, 5.74) is -2.40. The Morgan fingerprint density at radius 2 is 2.00 bits per heavy atom. The fourth-order valence-electron chi connectivity index (χ4n) is 2.29. The molecule has 23 heavy (non-hydrogen) atoms. The van der Waals surface area contributed by atoms with Crippen LogP contribution in [0, 0.1) is 0 Å². The Balaban J connectivity index is 2.48. The van der Waals surface area contributed by atoms with Gasteiger partial charge >= 0.3 is 6.18 Å². The summed E-state index contributed by atoms with van der Waals surface area (Å²) in [6.07, 6.45) is -3.04. The number of amides is 1. The molecule has 0 aliphatic rings. The maximum atomic E-state index is 13.0. The molecule has 0 saturated heterocycles. The molecule has 2 aromatic rings. The Bertz CT molecular complexity index is 761. The predicted molar refractivity (Wildman–Crippen MR) is 78.3 cm³/mol. The molecule has 0 saturated carbocycles. The van der Waals surface area contributed by atoms with E-state index in [4.69, 9.17) is 4.42 Å². The number of H-pyrrole nitrogens is 1. The van der Waals surface area contributed by atoms with E-state index in [1.54, 1.807) is 6.92 Å². The van der Waals surface area contributed by atoms with Crippen LogP contribution in [0.3, 0.4) is 0 Å². The van der Waals surface area contributed by atoms with Gasteiger partial charge in [0.2, 0.25) is 5.71 Å². The molecule has 0 unspecified atom stereocenters. The van der Waals surface area contributed by atoms with E-state index in [1.165, 1.54) is 4.90 Å².